The van der Waals surface area contributed by atoms with Crippen LogP contribution in [0.15, 0.2) is 72.3 Å². The first kappa shape index (κ1) is 22.8. The molecule has 0 aliphatic rings. The van der Waals surface area contributed by atoms with Crippen LogP contribution in [-0.4, -0.2) is 10.8 Å². The number of amides is 1. The van der Waals surface area contributed by atoms with Crippen molar-refractivity contribution in [2.75, 3.05) is 5.32 Å². The predicted octanol–water partition coefficient (Wildman–Crippen LogP) is 6.03. The van der Waals surface area contributed by atoms with E-state index in [1.54, 1.807) is 54.6 Å². The number of ether oxygens (including phenoxy) is 1. The lowest BCUT2D eigenvalue weighted by Gasteiger charge is -2.09. The lowest BCUT2D eigenvalue weighted by atomic mass is 10.1. The van der Waals surface area contributed by atoms with Gasteiger partial charge in [-0.05, 0) is 47.5 Å². The fourth-order valence-electron chi connectivity index (χ4n) is 2.72. The summed E-state index contributed by atoms with van der Waals surface area (Å²) in [5.74, 6) is -0.228. The van der Waals surface area contributed by atoms with E-state index in [-0.39, 0.29) is 22.9 Å². The van der Waals surface area contributed by atoms with Gasteiger partial charge in [0.25, 0.3) is 11.6 Å². The third kappa shape index (κ3) is 6.08. The zero-order valence-corrected chi connectivity index (χ0v) is 17.9. The van der Waals surface area contributed by atoms with Crippen LogP contribution in [0.5, 0.6) is 5.75 Å². The molecular weight excluding hydrogens is 453 g/mol. The molecular formula is C23H15Cl2N3O4. The van der Waals surface area contributed by atoms with Gasteiger partial charge in [0.15, 0.2) is 0 Å². The van der Waals surface area contributed by atoms with Crippen LogP contribution < -0.4 is 10.1 Å². The number of nitro groups is 1. The number of non-ortho nitro benzene ring substituents is 1. The molecule has 0 saturated heterocycles. The molecule has 9 heteroatoms. The van der Waals surface area contributed by atoms with E-state index in [1.165, 1.54) is 18.2 Å². The normalized spacial score (nSPS) is 10.8. The molecule has 0 fully saturated rings. The van der Waals surface area contributed by atoms with E-state index < -0.39 is 10.8 Å². The number of nitro benzene ring substituents is 1. The van der Waals surface area contributed by atoms with Gasteiger partial charge in [0.1, 0.15) is 24.0 Å². The quantitative estimate of drug-likeness (QED) is 0.197. The molecule has 32 heavy (non-hydrogen) atoms. The summed E-state index contributed by atoms with van der Waals surface area (Å²) in [6, 6.07) is 19.3. The average Bonchev–Trinajstić information content (AvgIpc) is 2.77. The Kier molecular flexibility index (Phi) is 7.45. The number of carbonyl (C=O) groups excluding carboxylic acids is 1. The number of nitriles is 1. The molecule has 0 saturated carbocycles. The zero-order valence-electron chi connectivity index (χ0n) is 16.4. The molecule has 0 bridgehead atoms. The Hall–Kier alpha value is -3.86. The molecule has 0 atom stereocenters. The van der Waals surface area contributed by atoms with Crippen molar-refractivity contribution in [2.45, 2.75) is 6.61 Å². The molecule has 160 valence electrons. The number of anilines is 1. The third-order valence-corrected chi connectivity index (χ3v) is 4.76. The van der Waals surface area contributed by atoms with Crippen molar-refractivity contribution in [3.8, 4) is 11.8 Å². The van der Waals surface area contributed by atoms with Crippen LogP contribution >= 0.6 is 23.2 Å². The third-order valence-electron chi connectivity index (χ3n) is 4.23. The Morgan fingerprint density at radius 2 is 1.91 bits per heavy atom. The second-order valence-corrected chi connectivity index (χ2v) is 7.38. The molecule has 7 nitrogen and oxygen atoms in total. The Balaban J connectivity index is 1.71. The Labute approximate surface area is 193 Å². The number of hydrogen-bond donors (Lipinski definition) is 1. The van der Waals surface area contributed by atoms with Gasteiger partial charge in [-0.1, -0.05) is 47.5 Å². The van der Waals surface area contributed by atoms with Crippen LogP contribution in [0.25, 0.3) is 6.08 Å². The number of nitrogens with one attached hydrogen (secondary N) is 1. The molecule has 0 spiro atoms. The minimum atomic E-state index is -0.586. The van der Waals surface area contributed by atoms with Gasteiger partial charge in [-0.25, -0.2) is 0 Å². The maximum atomic E-state index is 12.4. The lowest BCUT2D eigenvalue weighted by Crippen LogP contribution is -2.13. The van der Waals surface area contributed by atoms with Gasteiger partial charge in [-0.3, -0.25) is 14.9 Å². The van der Waals surface area contributed by atoms with Gasteiger partial charge >= 0.3 is 0 Å². The lowest BCUT2D eigenvalue weighted by molar-refractivity contribution is -0.384. The van der Waals surface area contributed by atoms with E-state index >= 15 is 0 Å². The highest BCUT2D eigenvalue weighted by Crippen LogP contribution is 2.28. The number of halogens is 2. The minimum absolute atomic E-state index is 0.0298. The van der Waals surface area contributed by atoms with Crippen molar-refractivity contribution in [3.05, 3.63) is 104 Å². The second-order valence-electron chi connectivity index (χ2n) is 6.54. The van der Waals surface area contributed by atoms with Gasteiger partial charge in [0.05, 0.1) is 9.95 Å². The van der Waals surface area contributed by atoms with E-state index in [2.05, 4.69) is 5.32 Å². The summed E-state index contributed by atoms with van der Waals surface area (Å²) >= 11 is 12.2. The van der Waals surface area contributed by atoms with Crippen LogP contribution in [0.4, 0.5) is 11.4 Å². The fraction of sp³-hybridized carbons (Fsp3) is 0.0435. The molecule has 0 heterocycles. The van der Waals surface area contributed by atoms with Crippen LogP contribution in [0.1, 0.15) is 11.1 Å². The largest absolute Gasteiger partial charge is 0.487 e. The smallest absolute Gasteiger partial charge is 0.269 e. The first-order chi connectivity index (χ1) is 15.4. The van der Waals surface area contributed by atoms with Crippen LogP contribution in [0.2, 0.25) is 10.0 Å². The summed E-state index contributed by atoms with van der Waals surface area (Å²) < 4.78 is 5.65. The zero-order chi connectivity index (χ0) is 23.1. The maximum Gasteiger partial charge on any atom is 0.269 e. The summed E-state index contributed by atoms with van der Waals surface area (Å²) in [6.07, 6.45) is 1.40. The molecule has 0 aliphatic heterocycles. The van der Waals surface area contributed by atoms with Crippen molar-refractivity contribution >= 4 is 46.6 Å². The first-order valence-electron chi connectivity index (χ1n) is 9.20. The highest BCUT2D eigenvalue weighted by molar-refractivity contribution is 6.32. The minimum Gasteiger partial charge on any atom is -0.487 e. The van der Waals surface area contributed by atoms with E-state index in [4.69, 9.17) is 27.9 Å². The summed E-state index contributed by atoms with van der Waals surface area (Å²) in [5, 5.41) is 23.6. The SMILES string of the molecule is N#C/C(=C\c1ccc(OCc2cccc([N+](=O)[O-])c2)c(Cl)c1)C(=O)Nc1cccc(Cl)c1. The summed E-state index contributed by atoms with van der Waals surface area (Å²) in [7, 11) is 0. The fourth-order valence-corrected chi connectivity index (χ4v) is 3.16. The van der Waals surface area contributed by atoms with Gasteiger partial charge in [0, 0.05) is 22.8 Å². The molecule has 1 N–H and O–H groups in total. The maximum absolute atomic E-state index is 12.4. The van der Waals surface area contributed by atoms with Gasteiger partial charge in [-0.2, -0.15) is 5.26 Å². The highest BCUT2D eigenvalue weighted by atomic mass is 35.5. The summed E-state index contributed by atoms with van der Waals surface area (Å²) in [6.45, 7) is 0.0854. The highest BCUT2D eigenvalue weighted by Gasteiger charge is 2.11. The molecule has 0 aromatic heterocycles. The summed E-state index contributed by atoms with van der Waals surface area (Å²) in [5.41, 5.74) is 1.45. The van der Waals surface area contributed by atoms with Crippen molar-refractivity contribution in [2.24, 2.45) is 0 Å². The standard InChI is InChI=1S/C23H15Cl2N3O4/c24-18-4-2-5-19(12-18)27-23(29)17(13-26)9-15-7-8-22(21(25)11-15)32-14-16-3-1-6-20(10-16)28(30)31/h1-12H,14H2,(H,27,29)/b17-9+. The molecule has 3 aromatic carbocycles. The topological polar surface area (TPSA) is 105 Å². The van der Waals surface area contributed by atoms with Crippen molar-refractivity contribution < 1.29 is 14.5 Å². The van der Waals surface area contributed by atoms with Crippen molar-refractivity contribution in [1.82, 2.24) is 0 Å². The van der Waals surface area contributed by atoms with E-state index in [0.717, 1.165) is 0 Å². The number of benzene rings is 3. The first-order valence-corrected chi connectivity index (χ1v) is 9.95. The van der Waals surface area contributed by atoms with Crippen LogP contribution in [0.3, 0.4) is 0 Å². The Bertz CT molecular complexity index is 1250. The van der Waals surface area contributed by atoms with E-state index in [0.29, 0.717) is 27.6 Å². The van der Waals surface area contributed by atoms with E-state index in [9.17, 15) is 20.2 Å². The van der Waals surface area contributed by atoms with Crippen molar-refractivity contribution in [1.29, 1.82) is 5.26 Å². The number of rotatable bonds is 7. The van der Waals surface area contributed by atoms with Gasteiger partial charge < -0.3 is 10.1 Å². The van der Waals surface area contributed by atoms with Crippen LogP contribution in [0, 0.1) is 21.4 Å². The average molecular weight is 468 g/mol. The molecule has 3 rings (SSSR count). The predicted molar refractivity (Wildman–Crippen MR) is 123 cm³/mol. The molecule has 1 amide bonds. The van der Waals surface area contributed by atoms with Crippen LogP contribution in [-0.2, 0) is 11.4 Å². The molecule has 0 unspecified atom stereocenters. The monoisotopic (exact) mass is 467 g/mol. The Morgan fingerprint density at radius 3 is 2.59 bits per heavy atom. The number of carbonyl (C=O) groups is 1. The Morgan fingerprint density at radius 1 is 1.12 bits per heavy atom. The second kappa shape index (κ2) is 10.4. The molecule has 0 aliphatic carbocycles. The number of nitrogens with zero attached hydrogens (tertiary/aromatic N) is 2. The van der Waals surface area contributed by atoms with Crippen molar-refractivity contribution in [3.63, 3.8) is 0 Å². The molecule has 0 radical (unpaired) electrons. The van der Waals surface area contributed by atoms with Gasteiger partial charge in [0.2, 0.25) is 0 Å². The van der Waals surface area contributed by atoms with Gasteiger partial charge in [-0.15, -0.1) is 0 Å². The summed E-state index contributed by atoms with van der Waals surface area (Å²) in [4.78, 5) is 22.8. The number of hydrogen-bond acceptors (Lipinski definition) is 5. The van der Waals surface area contributed by atoms with E-state index in [1.807, 2.05) is 6.07 Å². The molecule has 3 aromatic rings.